The molecule has 0 saturated carbocycles. The lowest BCUT2D eigenvalue weighted by atomic mass is 9.71. The van der Waals surface area contributed by atoms with Gasteiger partial charge in [0.05, 0.1) is 5.60 Å². The first-order valence-corrected chi connectivity index (χ1v) is 11.2. The molecule has 1 atom stereocenters. The average Bonchev–Trinajstić information content (AvgIpc) is 3.18. The number of hydrogen-bond acceptors (Lipinski definition) is 2. The fourth-order valence-corrected chi connectivity index (χ4v) is 5.22. The maximum absolute atomic E-state index is 13.5. The molecule has 0 radical (unpaired) electrons. The Morgan fingerprint density at radius 2 is 1.45 bits per heavy atom. The van der Waals surface area contributed by atoms with Crippen molar-refractivity contribution in [2.75, 3.05) is 13.2 Å². The van der Waals surface area contributed by atoms with Gasteiger partial charge in [-0.05, 0) is 56.0 Å². The Morgan fingerprint density at radius 1 is 0.903 bits per heavy atom. The van der Waals surface area contributed by atoms with Crippen LogP contribution in [0.5, 0.6) is 0 Å². The lowest BCUT2D eigenvalue weighted by Crippen LogP contribution is -2.47. The molecule has 0 bridgehead atoms. The first-order chi connectivity index (χ1) is 14.9. The van der Waals surface area contributed by atoms with Gasteiger partial charge in [-0.25, -0.2) is 4.39 Å². The third-order valence-corrected chi connectivity index (χ3v) is 6.73. The van der Waals surface area contributed by atoms with E-state index in [1.54, 1.807) is 12.1 Å². The molecular formula is C28H32FNO. The van der Waals surface area contributed by atoms with Crippen LogP contribution in [0.1, 0.15) is 43.9 Å². The highest BCUT2D eigenvalue weighted by molar-refractivity contribution is 5.42. The summed E-state index contributed by atoms with van der Waals surface area (Å²) >= 11 is 0. The normalized spacial score (nSPS) is 18.9. The monoisotopic (exact) mass is 417 g/mol. The second kappa shape index (κ2) is 8.94. The third-order valence-electron chi connectivity index (χ3n) is 6.73. The van der Waals surface area contributed by atoms with Crippen molar-refractivity contribution in [1.82, 2.24) is 4.90 Å². The molecule has 0 aliphatic carbocycles. The summed E-state index contributed by atoms with van der Waals surface area (Å²) in [4.78, 5) is 2.53. The highest BCUT2D eigenvalue weighted by Gasteiger charge is 2.51. The first kappa shape index (κ1) is 21.7. The molecule has 0 amide bonds. The van der Waals surface area contributed by atoms with E-state index >= 15 is 0 Å². The second-order valence-corrected chi connectivity index (χ2v) is 9.10. The van der Waals surface area contributed by atoms with Gasteiger partial charge in [-0.15, -0.1) is 0 Å². The molecule has 3 aromatic rings. The summed E-state index contributed by atoms with van der Waals surface area (Å²) in [5.74, 6) is -0.195. The van der Waals surface area contributed by atoms with Crippen molar-refractivity contribution in [3.63, 3.8) is 0 Å². The number of rotatable bonds is 7. The van der Waals surface area contributed by atoms with Crippen LogP contribution in [0.25, 0.3) is 0 Å². The minimum atomic E-state index is -0.305. The minimum absolute atomic E-state index is 0.123. The number of hydrogen-bond donors (Lipinski definition) is 0. The van der Waals surface area contributed by atoms with E-state index < -0.39 is 0 Å². The van der Waals surface area contributed by atoms with Gasteiger partial charge >= 0.3 is 0 Å². The summed E-state index contributed by atoms with van der Waals surface area (Å²) < 4.78 is 19.8. The van der Waals surface area contributed by atoms with E-state index in [2.05, 4.69) is 86.3 Å². The molecule has 4 rings (SSSR count). The van der Waals surface area contributed by atoms with Crippen molar-refractivity contribution in [3.05, 3.63) is 107 Å². The molecule has 2 nitrogen and oxygen atoms in total. The van der Waals surface area contributed by atoms with Gasteiger partial charge in [0.2, 0.25) is 0 Å². The van der Waals surface area contributed by atoms with Crippen molar-refractivity contribution in [2.24, 2.45) is 0 Å². The summed E-state index contributed by atoms with van der Waals surface area (Å²) in [6, 6.07) is 28.8. The van der Waals surface area contributed by atoms with Gasteiger partial charge < -0.3 is 4.74 Å². The van der Waals surface area contributed by atoms with E-state index in [1.165, 1.54) is 11.1 Å². The molecule has 1 unspecified atom stereocenters. The van der Waals surface area contributed by atoms with Crippen LogP contribution >= 0.6 is 0 Å². The van der Waals surface area contributed by atoms with Crippen LogP contribution in [0.2, 0.25) is 0 Å². The van der Waals surface area contributed by atoms with Gasteiger partial charge in [0.1, 0.15) is 5.82 Å². The number of ether oxygens (including phenoxy) is 1. The molecule has 31 heavy (non-hydrogen) atoms. The van der Waals surface area contributed by atoms with Gasteiger partial charge in [-0.2, -0.15) is 0 Å². The molecule has 0 spiro atoms. The van der Waals surface area contributed by atoms with Crippen molar-refractivity contribution in [2.45, 2.75) is 50.8 Å². The van der Waals surface area contributed by atoms with Crippen molar-refractivity contribution >= 4 is 0 Å². The Bertz CT molecular complexity index is 929. The fourth-order valence-electron chi connectivity index (χ4n) is 5.22. The number of halogens is 1. The van der Waals surface area contributed by atoms with E-state index in [9.17, 15) is 4.39 Å². The molecule has 1 fully saturated rings. The van der Waals surface area contributed by atoms with E-state index in [4.69, 9.17) is 4.74 Å². The largest absolute Gasteiger partial charge is 0.374 e. The fraction of sp³-hybridized carbons (Fsp3) is 0.357. The smallest absolute Gasteiger partial charge is 0.123 e. The summed E-state index contributed by atoms with van der Waals surface area (Å²) in [6.45, 7) is 8.79. The van der Waals surface area contributed by atoms with Gasteiger partial charge in [0.15, 0.2) is 0 Å². The molecular weight excluding hydrogens is 385 g/mol. The average molecular weight is 418 g/mol. The predicted molar refractivity (Wildman–Crippen MR) is 125 cm³/mol. The van der Waals surface area contributed by atoms with Gasteiger partial charge in [0.25, 0.3) is 0 Å². The van der Waals surface area contributed by atoms with Crippen molar-refractivity contribution in [1.29, 1.82) is 0 Å². The van der Waals surface area contributed by atoms with Gasteiger partial charge in [0, 0.05) is 31.2 Å². The van der Waals surface area contributed by atoms with Crippen LogP contribution in [0.15, 0.2) is 84.9 Å². The van der Waals surface area contributed by atoms with Crippen molar-refractivity contribution in [3.8, 4) is 0 Å². The molecule has 1 aliphatic rings. The number of likely N-dealkylation sites (tertiary alicyclic amines) is 1. The van der Waals surface area contributed by atoms with Crippen LogP contribution in [0, 0.1) is 5.82 Å². The zero-order chi connectivity index (χ0) is 21.9. The minimum Gasteiger partial charge on any atom is -0.374 e. The van der Waals surface area contributed by atoms with Crippen LogP contribution in [-0.2, 0) is 16.7 Å². The summed E-state index contributed by atoms with van der Waals surface area (Å²) in [5.41, 5.74) is 3.36. The van der Waals surface area contributed by atoms with E-state index in [-0.39, 0.29) is 22.9 Å². The molecule has 1 heterocycles. The SMILES string of the molecule is CCOC(C)(C)C1CC(c2ccccc2)(c2ccccc2)CN1Cc1ccc(F)cc1. The standard InChI is InChI=1S/C28H32FNO/c1-4-31-27(2,3)26-19-28(23-11-7-5-8-12-23,24-13-9-6-10-14-24)21-30(26)20-22-15-17-25(29)18-16-22/h5-18,26H,4,19-21H2,1-3H3. The highest BCUT2D eigenvalue weighted by Crippen LogP contribution is 2.47. The lowest BCUT2D eigenvalue weighted by Gasteiger charge is -2.37. The van der Waals surface area contributed by atoms with Crippen LogP contribution in [0.3, 0.4) is 0 Å². The summed E-state index contributed by atoms with van der Waals surface area (Å²) in [5, 5.41) is 0. The third kappa shape index (κ3) is 4.44. The maximum Gasteiger partial charge on any atom is 0.123 e. The predicted octanol–water partition coefficient (Wildman–Crippen LogP) is 6.20. The Balaban J connectivity index is 1.78. The Morgan fingerprint density at radius 3 is 1.97 bits per heavy atom. The molecule has 162 valence electrons. The van der Waals surface area contributed by atoms with Crippen LogP contribution in [0.4, 0.5) is 4.39 Å². The molecule has 1 saturated heterocycles. The van der Waals surface area contributed by atoms with E-state index in [1.807, 2.05) is 12.1 Å². The second-order valence-electron chi connectivity index (χ2n) is 9.10. The van der Waals surface area contributed by atoms with E-state index in [0.717, 1.165) is 25.1 Å². The maximum atomic E-state index is 13.5. The van der Waals surface area contributed by atoms with Gasteiger partial charge in [-0.3, -0.25) is 4.90 Å². The number of nitrogens with zero attached hydrogens (tertiary/aromatic N) is 1. The molecule has 3 aromatic carbocycles. The van der Waals surface area contributed by atoms with Gasteiger partial charge in [-0.1, -0.05) is 72.8 Å². The lowest BCUT2D eigenvalue weighted by molar-refractivity contribution is -0.0651. The Kier molecular flexibility index (Phi) is 6.27. The van der Waals surface area contributed by atoms with Crippen molar-refractivity contribution < 1.29 is 9.13 Å². The molecule has 3 heteroatoms. The Labute approximate surface area is 185 Å². The molecule has 0 aromatic heterocycles. The summed E-state index contributed by atoms with van der Waals surface area (Å²) in [6.07, 6.45) is 0.967. The Hall–Kier alpha value is -2.49. The van der Waals surface area contributed by atoms with Crippen LogP contribution < -0.4 is 0 Å². The zero-order valence-corrected chi connectivity index (χ0v) is 18.7. The highest BCUT2D eigenvalue weighted by atomic mass is 19.1. The number of benzene rings is 3. The quantitative estimate of drug-likeness (QED) is 0.454. The molecule has 1 aliphatic heterocycles. The topological polar surface area (TPSA) is 12.5 Å². The zero-order valence-electron chi connectivity index (χ0n) is 18.7. The first-order valence-electron chi connectivity index (χ1n) is 11.2. The summed E-state index contributed by atoms with van der Waals surface area (Å²) in [7, 11) is 0. The van der Waals surface area contributed by atoms with Crippen LogP contribution in [-0.4, -0.2) is 29.7 Å². The van der Waals surface area contributed by atoms with E-state index in [0.29, 0.717) is 6.61 Å². The molecule has 0 N–H and O–H groups in total.